The van der Waals surface area contributed by atoms with Crippen LogP contribution in [0.2, 0.25) is 0 Å². The molecular formula is C18H24N2O4. The van der Waals surface area contributed by atoms with E-state index in [4.69, 9.17) is 4.74 Å². The van der Waals surface area contributed by atoms with Crippen LogP contribution in [-0.2, 0) is 9.59 Å². The molecule has 2 atom stereocenters. The molecule has 1 aliphatic carbocycles. The third kappa shape index (κ3) is 3.38. The lowest BCUT2D eigenvalue weighted by molar-refractivity contribution is -0.137. The van der Waals surface area contributed by atoms with Gasteiger partial charge in [0.1, 0.15) is 11.8 Å². The van der Waals surface area contributed by atoms with Crippen molar-refractivity contribution in [1.29, 1.82) is 0 Å². The number of methoxy groups -OCH3 is 1. The van der Waals surface area contributed by atoms with Crippen LogP contribution in [0.3, 0.4) is 0 Å². The number of rotatable bonds is 4. The summed E-state index contributed by atoms with van der Waals surface area (Å²) in [5.74, 6) is 0.961. The van der Waals surface area contributed by atoms with Crippen LogP contribution in [0.1, 0.15) is 37.7 Å². The molecule has 1 aromatic carbocycles. The van der Waals surface area contributed by atoms with Crippen LogP contribution in [0.25, 0.3) is 0 Å². The maximum absolute atomic E-state index is 12.4. The number of hydrogen-bond acceptors (Lipinski definition) is 4. The zero-order chi connectivity index (χ0) is 17.3. The molecule has 0 radical (unpaired) electrons. The Labute approximate surface area is 141 Å². The first-order valence-corrected chi connectivity index (χ1v) is 8.37. The molecule has 130 valence electrons. The van der Waals surface area contributed by atoms with Crippen LogP contribution >= 0.6 is 0 Å². The number of amides is 2. The molecule has 3 rings (SSSR count). The zero-order valence-electron chi connectivity index (χ0n) is 14.1. The molecule has 0 unspecified atom stereocenters. The Hall–Kier alpha value is -2.08. The molecule has 1 aromatic rings. The molecule has 0 aromatic heterocycles. The summed E-state index contributed by atoms with van der Waals surface area (Å²) in [4.78, 5) is 25.5. The van der Waals surface area contributed by atoms with E-state index in [-0.39, 0.29) is 24.4 Å². The minimum absolute atomic E-state index is 0.135. The Bertz CT molecular complexity index is 610. The highest BCUT2D eigenvalue weighted by molar-refractivity contribution is 5.87. The Balaban J connectivity index is 1.51. The van der Waals surface area contributed by atoms with Gasteiger partial charge in [-0.3, -0.25) is 9.59 Å². The van der Waals surface area contributed by atoms with Crippen molar-refractivity contribution in [2.24, 2.45) is 0 Å². The van der Waals surface area contributed by atoms with Gasteiger partial charge in [0, 0.05) is 25.9 Å². The number of likely N-dealkylation sites (tertiary alicyclic amines) is 1. The summed E-state index contributed by atoms with van der Waals surface area (Å²) in [5.41, 5.74) is 1.25. The molecule has 2 amide bonds. The molecule has 1 aliphatic heterocycles. The van der Waals surface area contributed by atoms with Gasteiger partial charge in [0.2, 0.25) is 11.8 Å². The first-order valence-electron chi connectivity index (χ1n) is 8.37. The quantitative estimate of drug-likeness (QED) is 0.863. The molecule has 0 spiro atoms. The van der Waals surface area contributed by atoms with Crippen molar-refractivity contribution in [2.45, 2.75) is 50.3 Å². The van der Waals surface area contributed by atoms with Gasteiger partial charge in [-0.05, 0) is 36.5 Å². The van der Waals surface area contributed by atoms with E-state index in [1.807, 2.05) is 12.1 Å². The van der Waals surface area contributed by atoms with Gasteiger partial charge in [-0.25, -0.2) is 0 Å². The summed E-state index contributed by atoms with van der Waals surface area (Å²) in [6.07, 6.45) is 1.50. The van der Waals surface area contributed by atoms with E-state index in [2.05, 4.69) is 17.4 Å². The lowest BCUT2D eigenvalue weighted by Crippen LogP contribution is -2.51. The number of nitrogens with one attached hydrogen (secondary N) is 1. The van der Waals surface area contributed by atoms with Crippen molar-refractivity contribution in [3.63, 3.8) is 0 Å². The summed E-state index contributed by atoms with van der Waals surface area (Å²) in [5, 5.41) is 12.7. The second kappa shape index (κ2) is 6.81. The predicted molar refractivity (Wildman–Crippen MR) is 88.7 cm³/mol. The number of carbonyl (C=O) groups is 2. The van der Waals surface area contributed by atoms with Gasteiger partial charge in [-0.15, -0.1) is 0 Å². The first kappa shape index (κ1) is 16.8. The summed E-state index contributed by atoms with van der Waals surface area (Å²) in [6, 6.07) is 7.62. The highest BCUT2D eigenvalue weighted by Crippen LogP contribution is 2.37. The van der Waals surface area contributed by atoms with Gasteiger partial charge in [0.25, 0.3) is 0 Å². The van der Waals surface area contributed by atoms with Gasteiger partial charge in [0.05, 0.1) is 13.2 Å². The summed E-state index contributed by atoms with van der Waals surface area (Å²) in [7, 11) is 1.65. The molecule has 2 fully saturated rings. The van der Waals surface area contributed by atoms with Crippen molar-refractivity contribution in [1.82, 2.24) is 10.2 Å². The Morgan fingerprint density at radius 2 is 1.88 bits per heavy atom. The highest BCUT2D eigenvalue weighted by atomic mass is 16.5. The summed E-state index contributed by atoms with van der Waals surface area (Å²) in [6.45, 7) is 1.67. The second-order valence-corrected chi connectivity index (χ2v) is 6.72. The highest BCUT2D eigenvalue weighted by Gasteiger charge is 2.40. The van der Waals surface area contributed by atoms with Gasteiger partial charge in [0.15, 0.2) is 0 Å². The number of hydrogen-bond donors (Lipinski definition) is 2. The molecule has 6 heteroatoms. The van der Waals surface area contributed by atoms with Crippen molar-refractivity contribution < 1.29 is 19.4 Å². The van der Waals surface area contributed by atoms with E-state index in [1.54, 1.807) is 7.11 Å². The first-order chi connectivity index (χ1) is 11.5. The normalized spacial score (nSPS) is 29.0. The average molecular weight is 332 g/mol. The fraction of sp³-hybridized carbons (Fsp3) is 0.556. The third-order valence-corrected chi connectivity index (χ3v) is 5.06. The monoisotopic (exact) mass is 332 g/mol. The third-order valence-electron chi connectivity index (χ3n) is 5.06. The van der Waals surface area contributed by atoms with Crippen LogP contribution in [0, 0.1) is 0 Å². The molecule has 1 saturated carbocycles. The van der Waals surface area contributed by atoms with E-state index in [1.165, 1.54) is 17.4 Å². The molecule has 2 aliphatic rings. The number of β-amino-alcohol motifs (C(OH)–C–C–N with tert-alkyl or cyclic N) is 1. The van der Waals surface area contributed by atoms with Gasteiger partial charge >= 0.3 is 0 Å². The SMILES string of the molecule is COc1ccc(C2CC(NC(=O)[C@@H]3C[C@@H](O)CN3C(C)=O)C2)cc1. The maximum Gasteiger partial charge on any atom is 0.243 e. The van der Waals surface area contributed by atoms with Crippen molar-refractivity contribution >= 4 is 11.8 Å². The maximum atomic E-state index is 12.4. The van der Waals surface area contributed by atoms with Crippen LogP contribution < -0.4 is 10.1 Å². The van der Waals surface area contributed by atoms with E-state index >= 15 is 0 Å². The van der Waals surface area contributed by atoms with Crippen molar-refractivity contribution in [2.75, 3.05) is 13.7 Å². The fourth-order valence-electron chi connectivity index (χ4n) is 3.59. The lowest BCUT2D eigenvalue weighted by Gasteiger charge is -2.37. The number of ether oxygens (including phenoxy) is 1. The number of benzene rings is 1. The number of nitrogens with zero attached hydrogens (tertiary/aromatic N) is 1. The van der Waals surface area contributed by atoms with Gasteiger partial charge in [-0.2, -0.15) is 0 Å². The number of aliphatic hydroxyl groups excluding tert-OH is 1. The van der Waals surface area contributed by atoms with Gasteiger partial charge < -0.3 is 20.1 Å². The smallest absolute Gasteiger partial charge is 0.243 e. The molecule has 0 bridgehead atoms. The van der Waals surface area contributed by atoms with Crippen molar-refractivity contribution in [3.8, 4) is 5.75 Å². The summed E-state index contributed by atoms with van der Waals surface area (Å²) >= 11 is 0. The van der Waals surface area contributed by atoms with Crippen LogP contribution in [0.4, 0.5) is 0 Å². The number of carbonyl (C=O) groups excluding carboxylic acids is 2. The van der Waals surface area contributed by atoms with Gasteiger partial charge in [-0.1, -0.05) is 12.1 Å². The Morgan fingerprint density at radius 1 is 1.21 bits per heavy atom. The van der Waals surface area contributed by atoms with Crippen LogP contribution in [0.5, 0.6) is 5.75 Å². The predicted octanol–water partition coefficient (Wildman–Crippen LogP) is 1.04. The Kier molecular flexibility index (Phi) is 4.76. The molecular weight excluding hydrogens is 308 g/mol. The molecule has 1 heterocycles. The Morgan fingerprint density at radius 3 is 2.46 bits per heavy atom. The zero-order valence-corrected chi connectivity index (χ0v) is 14.1. The van der Waals surface area contributed by atoms with E-state index in [9.17, 15) is 14.7 Å². The van der Waals surface area contributed by atoms with E-state index < -0.39 is 12.1 Å². The minimum atomic E-state index is -0.613. The van der Waals surface area contributed by atoms with Crippen molar-refractivity contribution in [3.05, 3.63) is 29.8 Å². The molecule has 6 nitrogen and oxygen atoms in total. The number of aliphatic hydroxyl groups is 1. The molecule has 1 saturated heterocycles. The average Bonchev–Trinajstić information content (AvgIpc) is 2.93. The minimum Gasteiger partial charge on any atom is -0.497 e. The van der Waals surface area contributed by atoms with Crippen LogP contribution in [-0.4, -0.2) is 53.7 Å². The molecule has 2 N–H and O–H groups in total. The lowest BCUT2D eigenvalue weighted by atomic mass is 9.76. The van der Waals surface area contributed by atoms with Crippen LogP contribution in [0.15, 0.2) is 24.3 Å². The standard InChI is InChI=1S/C18H24N2O4/c1-11(21)20-10-15(22)9-17(20)18(23)19-14-7-13(8-14)12-3-5-16(24-2)6-4-12/h3-6,13-15,17,22H,7-10H2,1-2H3,(H,19,23)/t13?,14?,15-,17+/m1/s1. The largest absolute Gasteiger partial charge is 0.497 e. The topological polar surface area (TPSA) is 78.9 Å². The second-order valence-electron chi connectivity index (χ2n) is 6.72. The molecule has 24 heavy (non-hydrogen) atoms. The summed E-state index contributed by atoms with van der Waals surface area (Å²) < 4.78 is 5.16. The van der Waals surface area contributed by atoms with E-state index in [0.29, 0.717) is 12.3 Å². The van der Waals surface area contributed by atoms with E-state index in [0.717, 1.165) is 18.6 Å². The fourth-order valence-corrected chi connectivity index (χ4v) is 3.59.